The number of nitrogens with one attached hydrogen (secondary N) is 1. The van der Waals surface area contributed by atoms with E-state index in [0.29, 0.717) is 5.69 Å². The number of hydrogen-bond acceptors (Lipinski definition) is 2. The molecule has 0 aliphatic rings. The van der Waals surface area contributed by atoms with E-state index in [9.17, 15) is 18.0 Å². The molecule has 0 fully saturated rings. The lowest BCUT2D eigenvalue weighted by atomic mass is 10.1. The lowest BCUT2D eigenvalue weighted by molar-refractivity contribution is -0.190. The summed E-state index contributed by atoms with van der Waals surface area (Å²) < 4.78 is 37.9. The van der Waals surface area contributed by atoms with Gasteiger partial charge in [-0.1, -0.05) is 22.0 Å². The normalized spacial score (nSPS) is 13.2. The highest BCUT2D eigenvalue weighted by atomic mass is 79.9. The van der Waals surface area contributed by atoms with Gasteiger partial charge in [-0.25, -0.2) is 0 Å². The van der Waals surface area contributed by atoms with Crippen molar-refractivity contribution < 1.29 is 23.1 Å². The number of aryl methyl sites for hydroxylation is 1. The highest BCUT2D eigenvalue weighted by molar-refractivity contribution is 9.10. The Bertz CT molecular complexity index is 448. The fourth-order valence-electron chi connectivity index (χ4n) is 1.27. The zero-order valence-corrected chi connectivity index (χ0v) is 11.0. The third kappa shape index (κ3) is 3.90. The lowest BCUT2D eigenvalue weighted by Crippen LogP contribution is -2.36. The van der Waals surface area contributed by atoms with Crippen LogP contribution in [0, 0.1) is 12.8 Å². The van der Waals surface area contributed by atoms with Gasteiger partial charge in [0.1, 0.15) is 0 Å². The molecule has 1 aromatic carbocycles. The summed E-state index contributed by atoms with van der Waals surface area (Å²) in [6.45, 7) is 1.14. The van der Waals surface area contributed by atoms with Gasteiger partial charge in [-0.2, -0.15) is 13.2 Å². The summed E-state index contributed by atoms with van der Waals surface area (Å²) in [4.78, 5) is 10.5. The molecule has 18 heavy (non-hydrogen) atoms. The standard InChI is InChI=1S/C11H11BrF3NO2/c1-6-2-3-7(4-9(6)12)16-5-8(10(17)18)11(13,14)15/h2-4,8,16H,5H2,1H3,(H,17,18). The lowest BCUT2D eigenvalue weighted by Gasteiger charge is -2.17. The molecular formula is C11H11BrF3NO2. The molecule has 1 rings (SSSR count). The van der Waals surface area contributed by atoms with Crippen LogP contribution in [0.2, 0.25) is 0 Å². The zero-order chi connectivity index (χ0) is 13.9. The first-order chi connectivity index (χ1) is 8.21. The van der Waals surface area contributed by atoms with Crippen molar-refractivity contribution in [3.63, 3.8) is 0 Å². The number of carboxylic acid groups (broad SMARTS) is 1. The summed E-state index contributed by atoms with van der Waals surface area (Å²) in [5.41, 5.74) is 1.37. The van der Waals surface area contributed by atoms with E-state index in [2.05, 4.69) is 21.2 Å². The average molecular weight is 326 g/mol. The Morgan fingerprint density at radius 3 is 2.56 bits per heavy atom. The van der Waals surface area contributed by atoms with Crippen LogP contribution in [0.1, 0.15) is 5.56 Å². The van der Waals surface area contributed by atoms with Gasteiger partial charge in [0.2, 0.25) is 0 Å². The monoisotopic (exact) mass is 325 g/mol. The molecule has 0 saturated heterocycles. The summed E-state index contributed by atoms with van der Waals surface area (Å²) in [5.74, 6) is -4.31. The minimum atomic E-state index is -4.76. The SMILES string of the molecule is Cc1ccc(NCC(C(=O)O)C(F)(F)F)cc1Br. The third-order valence-electron chi connectivity index (χ3n) is 2.38. The third-order valence-corrected chi connectivity index (χ3v) is 3.23. The van der Waals surface area contributed by atoms with Gasteiger partial charge >= 0.3 is 12.1 Å². The van der Waals surface area contributed by atoms with E-state index >= 15 is 0 Å². The number of hydrogen-bond donors (Lipinski definition) is 2. The van der Waals surface area contributed by atoms with Crippen molar-refractivity contribution in [2.75, 3.05) is 11.9 Å². The maximum atomic E-state index is 12.4. The Labute approximate surface area is 110 Å². The average Bonchev–Trinajstić information content (AvgIpc) is 2.21. The second-order valence-corrected chi connectivity index (χ2v) is 4.63. The zero-order valence-electron chi connectivity index (χ0n) is 9.38. The number of aliphatic carboxylic acids is 1. The first-order valence-corrected chi connectivity index (χ1v) is 5.80. The largest absolute Gasteiger partial charge is 0.481 e. The molecule has 0 saturated carbocycles. The van der Waals surface area contributed by atoms with Crippen molar-refractivity contribution in [2.45, 2.75) is 13.1 Å². The first kappa shape index (κ1) is 14.8. The summed E-state index contributed by atoms with van der Waals surface area (Å²) in [7, 11) is 0. The fourth-order valence-corrected chi connectivity index (χ4v) is 1.64. The minimum Gasteiger partial charge on any atom is -0.481 e. The van der Waals surface area contributed by atoms with Crippen molar-refractivity contribution in [3.8, 4) is 0 Å². The molecule has 0 bridgehead atoms. The van der Waals surface area contributed by atoms with Crippen LogP contribution >= 0.6 is 15.9 Å². The molecule has 0 spiro atoms. The van der Waals surface area contributed by atoms with E-state index in [-0.39, 0.29) is 0 Å². The molecule has 7 heteroatoms. The predicted molar refractivity (Wildman–Crippen MR) is 64.5 cm³/mol. The van der Waals surface area contributed by atoms with Gasteiger partial charge in [-0.05, 0) is 24.6 Å². The minimum absolute atomic E-state index is 0.433. The predicted octanol–water partition coefficient (Wildman–Crippen LogP) is 3.43. The van der Waals surface area contributed by atoms with Crippen LogP contribution in [-0.2, 0) is 4.79 Å². The smallest absolute Gasteiger partial charge is 0.403 e. The van der Waals surface area contributed by atoms with Crippen molar-refractivity contribution in [3.05, 3.63) is 28.2 Å². The second-order valence-electron chi connectivity index (χ2n) is 3.78. The fraction of sp³-hybridized carbons (Fsp3) is 0.364. The molecule has 0 aromatic heterocycles. The Kier molecular flexibility index (Phi) is 4.61. The van der Waals surface area contributed by atoms with E-state index < -0.39 is 24.6 Å². The molecule has 0 aliphatic carbocycles. The highest BCUT2D eigenvalue weighted by Gasteiger charge is 2.44. The number of alkyl halides is 3. The molecule has 1 atom stereocenters. The summed E-state index contributed by atoms with van der Waals surface area (Å²) in [6.07, 6.45) is -4.76. The van der Waals surface area contributed by atoms with Gasteiger partial charge in [0.05, 0.1) is 0 Å². The number of benzene rings is 1. The van der Waals surface area contributed by atoms with Gasteiger partial charge in [0, 0.05) is 16.7 Å². The summed E-state index contributed by atoms with van der Waals surface area (Å²) >= 11 is 3.24. The van der Waals surface area contributed by atoms with Crippen LogP contribution in [-0.4, -0.2) is 23.8 Å². The molecule has 0 aliphatic heterocycles. The number of carboxylic acids is 1. The van der Waals surface area contributed by atoms with E-state index in [1.54, 1.807) is 18.2 Å². The van der Waals surface area contributed by atoms with Crippen LogP contribution in [0.4, 0.5) is 18.9 Å². The molecule has 0 radical (unpaired) electrons. The molecule has 3 nitrogen and oxygen atoms in total. The van der Waals surface area contributed by atoms with Crippen LogP contribution in [0.25, 0.3) is 0 Å². The summed E-state index contributed by atoms with van der Waals surface area (Å²) in [5, 5.41) is 11.0. The Morgan fingerprint density at radius 2 is 2.11 bits per heavy atom. The molecule has 0 heterocycles. The van der Waals surface area contributed by atoms with Crippen LogP contribution < -0.4 is 5.32 Å². The Balaban J connectivity index is 2.73. The van der Waals surface area contributed by atoms with E-state index in [0.717, 1.165) is 10.0 Å². The summed E-state index contributed by atoms with van der Waals surface area (Å²) in [6, 6.07) is 4.91. The Hall–Kier alpha value is -1.24. The van der Waals surface area contributed by atoms with Crippen molar-refractivity contribution in [2.24, 2.45) is 5.92 Å². The van der Waals surface area contributed by atoms with E-state index in [1.807, 2.05) is 6.92 Å². The van der Waals surface area contributed by atoms with Gasteiger partial charge in [0.25, 0.3) is 0 Å². The van der Waals surface area contributed by atoms with Crippen molar-refractivity contribution in [1.29, 1.82) is 0 Å². The molecule has 0 amide bonds. The molecule has 100 valence electrons. The number of halogens is 4. The van der Waals surface area contributed by atoms with Crippen LogP contribution in [0.5, 0.6) is 0 Å². The van der Waals surface area contributed by atoms with Crippen LogP contribution in [0.15, 0.2) is 22.7 Å². The second kappa shape index (κ2) is 5.60. The van der Waals surface area contributed by atoms with E-state index in [4.69, 9.17) is 5.11 Å². The van der Waals surface area contributed by atoms with Gasteiger partial charge in [-0.15, -0.1) is 0 Å². The Morgan fingerprint density at radius 1 is 1.50 bits per heavy atom. The van der Waals surface area contributed by atoms with Gasteiger partial charge < -0.3 is 10.4 Å². The quantitative estimate of drug-likeness (QED) is 0.891. The topological polar surface area (TPSA) is 49.3 Å². The first-order valence-electron chi connectivity index (χ1n) is 5.01. The van der Waals surface area contributed by atoms with Crippen molar-refractivity contribution >= 4 is 27.6 Å². The number of rotatable bonds is 4. The maximum Gasteiger partial charge on any atom is 0.403 e. The highest BCUT2D eigenvalue weighted by Crippen LogP contribution is 2.27. The molecule has 1 aromatic rings. The van der Waals surface area contributed by atoms with Gasteiger partial charge in [-0.3, -0.25) is 4.79 Å². The molecule has 2 N–H and O–H groups in total. The van der Waals surface area contributed by atoms with Gasteiger partial charge in [0.15, 0.2) is 5.92 Å². The van der Waals surface area contributed by atoms with Crippen LogP contribution in [0.3, 0.4) is 0 Å². The molecular weight excluding hydrogens is 315 g/mol. The molecule has 1 unspecified atom stereocenters. The maximum absolute atomic E-state index is 12.4. The number of carbonyl (C=O) groups is 1. The van der Waals surface area contributed by atoms with Crippen molar-refractivity contribution in [1.82, 2.24) is 0 Å². The number of anilines is 1. The van der Waals surface area contributed by atoms with E-state index in [1.165, 1.54) is 0 Å².